The van der Waals surface area contributed by atoms with E-state index < -0.39 is 18.1 Å². The van der Waals surface area contributed by atoms with Crippen molar-refractivity contribution in [3.05, 3.63) is 46.9 Å². The van der Waals surface area contributed by atoms with Crippen LogP contribution in [0.15, 0.2) is 30.3 Å². The molecule has 4 heterocycles. The summed E-state index contributed by atoms with van der Waals surface area (Å²) in [5.74, 6) is -0.127. The molecule has 17 heteroatoms. The van der Waals surface area contributed by atoms with E-state index in [0.717, 1.165) is 27.7 Å². The Morgan fingerprint density at radius 2 is 1.95 bits per heavy atom. The number of rotatable bonds is 9. The van der Waals surface area contributed by atoms with Crippen molar-refractivity contribution < 1.29 is 37.9 Å². The molecule has 4 aromatic rings. The molecule has 1 aliphatic heterocycles. The molecule has 0 spiro atoms. The number of nitrogens with one attached hydrogen (secondary N) is 1. The second-order valence-corrected chi connectivity index (χ2v) is 10.1. The number of hydrogen-bond donors (Lipinski definition) is 3. The zero-order valence-electron chi connectivity index (χ0n) is 21.6. The zero-order valence-corrected chi connectivity index (χ0v) is 22.4. The van der Waals surface area contributed by atoms with E-state index in [1.54, 1.807) is 0 Å². The molecule has 0 saturated carbocycles. The van der Waals surface area contributed by atoms with Gasteiger partial charge in [0, 0.05) is 18.0 Å². The number of fused-ring (bicyclic) bond motifs is 2. The molecule has 0 bridgehead atoms. The Morgan fingerprint density at radius 3 is 2.66 bits per heavy atom. The molecule has 218 valence electrons. The number of nitrogens with zero attached hydrogens (tertiary/aromatic N) is 7. The van der Waals surface area contributed by atoms with E-state index >= 15 is 0 Å². The third kappa shape index (κ3) is 6.41. The molecule has 3 aromatic heterocycles. The van der Waals surface area contributed by atoms with Crippen LogP contribution in [0.25, 0.3) is 10.2 Å². The predicted octanol–water partition coefficient (Wildman–Crippen LogP) is 4.03. The summed E-state index contributed by atoms with van der Waals surface area (Å²) in [7, 11) is 0. The van der Waals surface area contributed by atoms with Gasteiger partial charge in [0.1, 0.15) is 23.0 Å². The van der Waals surface area contributed by atoms with Gasteiger partial charge < -0.3 is 24.3 Å². The molecule has 0 saturated heterocycles. The Hall–Kier alpha value is -4.22. The Labute approximate surface area is 234 Å². The second kappa shape index (κ2) is 11.7. The highest BCUT2D eigenvalue weighted by Gasteiger charge is 2.39. The third-order valence-corrected chi connectivity index (χ3v) is 7.18. The summed E-state index contributed by atoms with van der Waals surface area (Å²) in [6.45, 7) is 2.51. The Kier molecular flexibility index (Phi) is 8.09. The minimum Gasteiger partial charge on any atom is -0.461 e. The molecular weight excluding hydrogens is 569 g/mol. The number of alkyl halides is 3. The zero-order chi connectivity index (χ0) is 29.1. The first-order chi connectivity index (χ1) is 19.6. The fraction of sp³-hybridized carbons (Fsp3) is 0.375. The number of carbonyl (C=O) groups excluding carboxylic acids is 1. The first-order valence-corrected chi connectivity index (χ1v) is 13.3. The maximum atomic E-state index is 13.3. The van der Waals surface area contributed by atoms with Gasteiger partial charge in [-0.25, -0.2) is 4.79 Å². The van der Waals surface area contributed by atoms with Crippen molar-refractivity contribution in [3.8, 4) is 11.8 Å². The van der Waals surface area contributed by atoms with Crippen LogP contribution in [0.5, 0.6) is 11.8 Å². The lowest BCUT2D eigenvalue weighted by atomic mass is 10.2. The predicted molar refractivity (Wildman–Crippen MR) is 139 cm³/mol. The summed E-state index contributed by atoms with van der Waals surface area (Å²) < 4.78 is 51.8. The lowest BCUT2D eigenvalue weighted by molar-refractivity contribution is -0.147. The molecule has 1 aliphatic rings. The first-order valence-electron chi connectivity index (χ1n) is 12.5. The van der Waals surface area contributed by atoms with Gasteiger partial charge in [0.15, 0.2) is 5.82 Å². The van der Waals surface area contributed by atoms with Crippen LogP contribution < -0.4 is 24.9 Å². The van der Waals surface area contributed by atoms with Gasteiger partial charge in [0.05, 0.1) is 24.2 Å². The fourth-order valence-electron chi connectivity index (χ4n) is 4.25. The van der Waals surface area contributed by atoms with Gasteiger partial charge in [-0.3, -0.25) is 10.4 Å². The van der Waals surface area contributed by atoms with Crippen molar-refractivity contribution >= 4 is 39.2 Å². The number of carbonyl (C=O) groups is 1. The minimum atomic E-state index is -4.59. The number of anilines is 2. The van der Waals surface area contributed by atoms with Crippen LogP contribution >= 0.6 is 11.3 Å². The number of aryl methyl sites for hydroxylation is 1. The van der Waals surface area contributed by atoms with Crippen molar-refractivity contribution in [2.24, 2.45) is 0 Å². The molecule has 0 unspecified atom stereocenters. The average molecular weight is 595 g/mol. The van der Waals surface area contributed by atoms with Gasteiger partial charge in [-0.05, 0) is 36.8 Å². The highest BCUT2D eigenvalue weighted by molar-refractivity contribution is 7.18. The summed E-state index contributed by atoms with van der Waals surface area (Å²) >= 11 is 1.49. The van der Waals surface area contributed by atoms with Crippen LogP contribution in [-0.2, 0) is 25.7 Å². The number of hydrogen-bond acceptors (Lipinski definition) is 12. The molecule has 0 radical (unpaired) electrons. The van der Waals surface area contributed by atoms with Gasteiger partial charge >= 0.3 is 18.3 Å². The summed E-state index contributed by atoms with van der Waals surface area (Å²) in [6.07, 6.45) is -3.57. The number of thiophene rings is 1. The van der Waals surface area contributed by atoms with E-state index in [9.17, 15) is 18.0 Å². The Balaban J connectivity index is 1.26. The van der Waals surface area contributed by atoms with Crippen LogP contribution in [0, 0.1) is 0 Å². The van der Waals surface area contributed by atoms with Crippen LogP contribution in [-0.4, -0.2) is 60.9 Å². The number of ether oxygens (including phenoxy) is 2. The topological polar surface area (TPSA) is 151 Å². The van der Waals surface area contributed by atoms with E-state index in [4.69, 9.17) is 19.9 Å². The van der Waals surface area contributed by atoms with Gasteiger partial charge in [-0.2, -0.15) is 23.1 Å². The molecule has 3 N–H and O–H groups in total. The minimum absolute atomic E-state index is 0.0133. The lowest BCUT2D eigenvalue weighted by Crippen LogP contribution is -2.36. The van der Waals surface area contributed by atoms with Crippen molar-refractivity contribution in [1.82, 2.24) is 30.0 Å². The first kappa shape index (κ1) is 28.3. The summed E-state index contributed by atoms with van der Waals surface area (Å²) in [5, 5.41) is 28.3. The molecule has 0 aliphatic carbocycles. The van der Waals surface area contributed by atoms with Gasteiger partial charge in [0.2, 0.25) is 5.82 Å². The molecule has 0 atom stereocenters. The van der Waals surface area contributed by atoms with Crippen molar-refractivity contribution in [1.29, 1.82) is 0 Å². The monoisotopic (exact) mass is 594 g/mol. The highest BCUT2D eigenvalue weighted by Crippen LogP contribution is 2.36. The normalized spacial score (nSPS) is 13.3. The molecular formula is C24H25F3N8O5S. The van der Waals surface area contributed by atoms with Crippen LogP contribution in [0.3, 0.4) is 0 Å². The lowest BCUT2D eigenvalue weighted by Gasteiger charge is -2.29. The van der Waals surface area contributed by atoms with Crippen molar-refractivity contribution in [2.45, 2.75) is 39.0 Å². The van der Waals surface area contributed by atoms with E-state index in [1.807, 2.05) is 11.0 Å². The maximum absolute atomic E-state index is 13.3. The molecule has 5 rings (SSSR count). The fourth-order valence-corrected chi connectivity index (χ4v) is 5.36. The molecule has 1 amide bonds. The van der Waals surface area contributed by atoms with Gasteiger partial charge in [-0.15, -0.1) is 26.8 Å². The number of benzene rings is 1. The molecule has 1 aromatic carbocycles. The molecule has 13 nitrogen and oxygen atoms in total. The average Bonchev–Trinajstić information content (AvgIpc) is 3.54. The summed E-state index contributed by atoms with van der Waals surface area (Å²) in [5.41, 5.74) is 0.0903. The van der Waals surface area contributed by atoms with Crippen LogP contribution in [0.2, 0.25) is 0 Å². The second-order valence-electron chi connectivity index (χ2n) is 8.97. The third-order valence-electron chi connectivity index (χ3n) is 6.09. The van der Waals surface area contributed by atoms with Crippen LogP contribution in [0.4, 0.5) is 29.5 Å². The Morgan fingerprint density at radius 1 is 1.17 bits per heavy atom. The highest BCUT2D eigenvalue weighted by atomic mass is 32.1. The Bertz CT molecular complexity index is 1530. The maximum Gasteiger partial charge on any atom is 0.451 e. The SMILES string of the molecule is CCCc1cc2c(N3CCn4c(nnc4C(F)(F)F)C3)nc(OCCNC(=O)Oc3ccc(N(O)O)cc3)nc2s1. The number of halogens is 3. The van der Waals surface area contributed by atoms with Crippen molar-refractivity contribution in [2.75, 3.05) is 29.8 Å². The largest absolute Gasteiger partial charge is 0.461 e. The van der Waals surface area contributed by atoms with E-state index in [1.165, 1.54) is 35.6 Å². The molecule has 41 heavy (non-hydrogen) atoms. The standard InChI is InChI=1S/C24H25F3N8O5S/c1-2-3-16-12-17-19(33-9-10-34-18(13-33)31-32-21(34)24(25,26)27)29-22(30-20(17)41-16)39-11-8-28-23(36)40-15-6-4-14(5-7-15)35(37)38/h4-7,12,37-38H,2-3,8-11,13H2,1H3,(H,28,36). The van der Waals surface area contributed by atoms with Gasteiger partial charge in [-0.1, -0.05) is 13.3 Å². The van der Waals surface area contributed by atoms with E-state index in [-0.39, 0.29) is 61.3 Å². The van der Waals surface area contributed by atoms with Crippen molar-refractivity contribution in [3.63, 3.8) is 0 Å². The summed E-state index contributed by atoms with van der Waals surface area (Å²) in [6, 6.07) is 7.51. The van der Waals surface area contributed by atoms with E-state index in [2.05, 4.69) is 32.4 Å². The smallest absolute Gasteiger partial charge is 0.451 e. The number of amides is 1. The van der Waals surface area contributed by atoms with Crippen LogP contribution in [0.1, 0.15) is 29.9 Å². The van der Waals surface area contributed by atoms with Gasteiger partial charge in [0.25, 0.3) is 0 Å². The quantitative estimate of drug-likeness (QED) is 0.190. The number of aromatic nitrogens is 5. The molecule has 0 fully saturated rings. The van der Waals surface area contributed by atoms with E-state index in [0.29, 0.717) is 10.6 Å². The summed E-state index contributed by atoms with van der Waals surface area (Å²) in [4.78, 5) is 24.8.